The van der Waals surface area contributed by atoms with Gasteiger partial charge in [-0.25, -0.2) is 0 Å². The van der Waals surface area contributed by atoms with Gasteiger partial charge in [0.1, 0.15) is 12.9 Å². The van der Waals surface area contributed by atoms with E-state index in [1.165, 1.54) is 0 Å². The molecule has 0 heterocycles. The molecular formula is C12H18O4. The van der Waals surface area contributed by atoms with Gasteiger partial charge in [-0.1, -0.05) is 30.3 Å². The molecule has 0 spiro atoms. The van der Waals surface area contributed by atoms with Crippen molar-refractivity contribution < 1.29 is 19.3 Å². The predicted octanol–water partition coefficient (Wildman–Crippen LogP) is 1.18. The Kier molecular flexibility index (Phi) is 6.76. The maximum Gasteiger partial charge on any atom is 0.146 e. The van der Waals surface area contributed by atoms with E-state index >= 15 is 0 Å². The van der Waals surface area contributed by atoms with Gasteiger partial charge in [-0.2, -0.15) is 0 Å². The van der Waals surface area contributed by atoms with Gasteiger partial charge in [0.2, 0.25) is 0 Å². The van der Waals surface area contributed by atoms with E-state index in [0.29, 0.717) is 13.2 Å². The summed E-state index contributed by atoms with van der Waals surface area (Å²) in [6, 6.07) is 9.81. The molecule has 4 nitrogen and oxygen atoms in total. The fraction of sp³-hybridized carbons (Fsp3) is 0.500. The van der Waals surface area contributed by atoms with E-state index < -0.39 is 0 Å². The van der Waals surface area contributed by atoms with Crippen molar-refractivity contribution in [1.82, 2.24) is 0 Å². The van der Waals surface area contributed by atoms with Gasteiger partial charge in [0.05, 0.1) is 19.8 Å². The fourth-order valence-corrected chi connectivity index (χ4v) is 1.20. The summed E-state index contributed by atoms with van der Waals surface area (Å²) >= 11 is 0. The molecule has 0 unspecified atom stereocenters. The molecule has 0 radical (unpaired) electrons. The van der Waals surface area contributed by atoms with Crippen molar-refractivity contribution >= 4 is 0 Å². The summed E-state index contributed by atoms with van der Waals surface area (Å²) in [5, 5.41) is 9.06. The van der Waals surface area contributed by atoms with Crippen LogP contribution < -0.4 is 0 Å². The second-order valence-corrected chi connectivity index (χ2v) is 3.38. The number of rotatable bonds is 8. The number of hydrogen-bond acceptors (Lipinski definition) is 4. The van der Waals surface area contributed by atoms with Gasteiger partial charge in [-0.3, -0.25) is 0 Å². The third-order valence-corrected chi connectivity index (χ3v) is 2.04. The molecule has 1 N–H and O–H groups in total. The maximum absolute atomic E-state index is 9.06. The molecular weight excluding hydrogens is 208 g/mol. The van der Waals surface area contributed by atoms with Crippen LogP contribution in [0.1, 0.15) is 5.56 Å². The summed E-state index contributed by atoms with van der Waals surface area (Å²) in [4.78, 5) is 0. The molecule has 0 fully saturated rings. The highest BCUT2D eigenvalue weighted by molar-refractivity contribution is 5.13. The second-order valence-electron chi connectivity index (χ2n) is 3.38. The van der Waals surface area contributed by atoms with Crippen molar-refractivity contribution in [3.63, 3.8) is 0 Å². The zero-order chi connectivity index (χ0) is 11.6. The van der Waals surface area contributed by atoms with Gasteiger partial charge in [-0.15, -0.1) is 0 Å². The van der Waals surface area contributed by atoms with E-state index in [1.54, 1.807) is 7.11 Å². The normalized spacial score (nSPS) is 12.6. The third-order valence-electron chi connectivity index (χ3n) is 2.04. The standard InChI is InChI=1S/C12H18O4/c1-14-10-15-9-12(7-13)16-8-11-5-3-2-4-6-11/h2-6,12-13H,7-10H2,1H3/t12-/m1/s1. The minimum atomic E-state index is -0.310. The number of hydrogen-bond donors (Lipinski definition) is 1. The first-order chi connectivity index (χ1) is 7.86. The largest absolute Gasteiger partial charge is 0.394 e. The lowest BCUT2D eigenvalue weighted by molar-refractivity contribution is -0.0949. The molecule has 0 aliphatic rings. The highest BCUT2D eigenvalue weighted by atomic mass is 16.7. The molecule has 1 aromatic rings. The van der Waals surface area contributed by atoms with Gasteiger partial charge in [0.25, 0.3) is 0 Å². The van der Waals surface area contributed by atoms with E-state index in [1.807, 2.05) is 30.3 Å². The Bertz CT molecular complexity index is 263. The third kappa shape index (κ3) is 5.23. The van der Waals surface area contributed by atoms with Gasteiger partial charge in [0.15, 0.2) is 0 Å². The molecule has 16 heavy (non-hydrogen) atoms. The lowest BCUT2D eigenvalue weighted by Crippen LogP contribution is -2.24. The first-order valence-corrected chi connectivity index (χ1v) is 5.20. The molecule has 0 aromatic heterocycles. The van der Waals surface area contributed by atoms with E-state index in [9.17, 15) is 0 Å². The van der Waals surface area contributed by atoms with Crippen molar-refractivity contribution in [1.29, 1.82) is 0 Å². The number of benzene rings is 1. The average molecular weight is 226 g/mol. The Labute approximate surface area is 95.8 Å². The van der Waals surface area contributed by atoms with Crippen LogP contribution in [0.15, 0.2) is 30.3 Å². The van der Waals surface area contributed by atoms with Gasteiger partial charge < -0.3 is 19.3 Å². The highest BCUT2D eigenvalue weighted by Crippen LogP contribution is 2.03. The Balaban J connectivity index is 2.23. The van der Waals surface area contributed by atoms with Crippen molar-refractivity contribution in [2.24, 2.45) is 0 Å². The van der Waals surface area contributed by atoms with E-state index in [4.69, 9.17) is 19.3 Å². The highest BCUT2D eigenvalue weighted by Gasteiger charge is 2.07. The number of ether oxygens (including phenoxy) is 3. The second kappa shape index (κ2) is 8.24. The van der Waals surface area contributed by atoms with Crippen molar-refractivity contribution in [2.45, 2.75) is 12.7 Å². The molecule has 90 valence electrons. The van der Waals surface area contributed by atoms with E-state index in [-0.39, 0.29) is 19.5 Å². The van der Waals surface area contributed by atoms with Crippen molar-refractivity contribution in [3.05, 3.63) is 35.9 Å². The molecule has 0 saturated carbocycles. The monoisotopic (exact) mass is 226 g/mol. The van der Waals surface area contributed by atoms with Crippen LogP contribution in [0.2, 0.25) is 0 Å². The van der Waals surface area contributed by atoms with Gasteiger partial charge in [0, 0.05) is 7.11 Å². The number of aliphatic hydroxyl groups excluding tert-OH is 1. The van der Waals surface area contributed by atoms with Crippen LogP contribution in [0, 0.1) is 0 Å². The maximum atomic E-state index is 9.06. The molecule has 4 heteroatoms. The Morgan fingerprint density at radius 3 is 2.62 bits per heavy atom. The molecule has 1 rings (SSSR count). The summed E-state index contributed by atoms with van der Waals surface area (Å²) in [5.74, 6) is 0. The molecule has 1 atom stereocenters. The molecule has 1 aromatic carbocycles. The first-order valence-electron chi connectivity index (χ1n) is 5.20. The lowest BCUT2D eigenvalue weighted by Gasteiger charge is -2.15. The van der Waals surface area contributed by atoms with Gasteiger partial charge >= 0.3 is 0 Å². The van der Waals surface area contributed by atoms with Gasteiger partial charge in [-0.05, 0) is 5.56 Å². The van der Waals surface area contributed by atoms with Crippen molar-refractivity contribution in [3.8, 4) is 0 Å². The number of methoxy groups -OCH3 is 1. The summed E-state index contributed by atoms with van der Waals surface area (Å²) < 4.78 is 15.4. The smallest absolute Gasteiger partial charge is 0.146 e. The summed E-state index contributed by atoms with van der Waals surface area (Å²) in [6.45, 7) is 0.960. The van der Waals surface area contributed by atoms with Crippen LogP contribution in [0.4, 0.5) is 0 Å². The fourth-order valence-electron chi connectivity index (χ4n) is 1.20. The topological polar surface area (TPSA) is 47.9 Å². The van der Waals surface area contributed by atoms with Crippen LogP contribution in [0.3, 0.4) is 0 Å². The van der Waals surface area contributed by atoms with Crippen LogP contribution in [-0.2, 0) is 20.8 Å². The molecule has 0 saturated heterocycles. The SMILES string of the molecule is COCOC[C@@H](CO)OCc1ccccc1. The molecule has 0 aliphatic heterocycles. The van der Waals surface area contributed by atoms with Crippen LogP contribution in [-0.4, -0.2) is 38.3 Å². The Morgan fingerprint density at radius 2 is 2.00 bits per heavy atom. The van der Waals surface area contributed by atoms with Crippen LogP contribution in [0.5, 0.6) is 0 Å². The van der Waals surface area contributed by atoms with E-state index in [2.05, 4.69) is 0 Å². The van der Waals surface area contributed by atoms with Crippen molar-refractivity contribution in [2.75, 3.05) is 27.1 Å². The summed E-state index contributed by atoms with van der Waals surface area (Å²) in [6.07, 6.45) is -0.310. The summed E-state index contributed by atoms with van der Waals surface area (Å²) in [7, 11) is 1.55. The van der Waals surface area contributed by atoms with Crippen LogP contribution >= 0.6 is 0 Å². The summed E-state index contributed by atoms with van der Waals surface area (Å²) in [5.41, 5.74) is 1.08. The molecule has 0 amide bonds. The number of aliphatic hydroxyl groups is 1. The Hall–Kier alpha value is -0.940. The molecule has 0 bridgehead atoms. The lowest BCUT2D eigenvalue weighted by atomic mass is 10.2. The quantitative estimate of drug-likeness (QED) is 0.534. The minimum Gasteiger partial charge on any atom is -0.394 e. The average Bonchev–Trinajstić information content (AvgIpc) is 2.35. The minimum absolute atomic E-state index is 0.0590. The van der Waals surface area contributed by atoms with Crippen LogP contribution in [0.25, 0.3) is 0 Å². The predicted molar refractivity (Wildman–Crippen MR) is 59.9 cm³/mol. The zero-order valence-corrected chi connectivity index (χ0v) is 9.46. The zero-order valence-electron chi connectivity index (χ0n) is 9.46. The first kappa shape index (κ1) is 13.1. The van der Waals surface area contributed by atoms with E-state index in [0.717, 1.165) is 5.56 Å². The Morgan fingerprint density at radius 1 is 1.25 bits per heavy atom. The molecule has 0 aliphatic carbocycles.